The van der Waals surface area contributed by atoms with Gasteiger partial charge < -0.3 is 20.3 Å². The number of quaternary nitrogens is 1. The van der Waals surface area contributed by atoms with E-state index >= 15 is 0 Å². The van der Waals surface area contributed by atoms with E-state index in [1.54, 1.807) is 0 Å². The lowest BCUT2D eigenvalue weighted by Crippen LogP contribution is -2.56. The Labute approximate surface area is 171 Å². The molecule has 0 aliphatic carbocycles. The molecule has 1 aliphatic heterocycles. The van der Waals surface area contributed by atoms with E-state index in [1.807, 2.05) is 14.0 Å². The maximum Gasteiger partial charge on any atom is 0.329 e. The summed E-state index contributed by atoms with van der Waals surface area (Å²) in [7, 11) is 2.04. The molecule has 8 nitrogen and oxygen atoms in total. The number of nitrogens with zero attached hydrogens (tertiary/aromatic N) is 3. The van der Waals surface area contributed by atoms with Crippen molar-refractivity contribution >= 4 is 23.3 Å². The van der Waals surface area contributed by atoms with Gasteiger partial charge >= 0.3 is 5.97 Å². The molecule has 1 unspecified atom stereocenters. The Morgan fingerprint density at radius 3 is 2.89 bits per heavy atom. The summed E-state index contributed by atoms with van der Waals surface area (Å²) < 4.78 is 20.7. The first-order chi connectivity index (χ1) is 13.4. The van der Waals surface area contributed by atoms with Crippen LogP contribution in [-0.2, 0) is 9.53 Å². The van der Waals surface area contributed by atoms with Gasteiger partial charge in [-0.05, 0) is 6.42 Å². The molecule has 2 heterocycles. The highest BCUT2D eigenvalue weighted by Gasteiger charge is 2.37. The zero-order chi connectivity index (χ0) is 20.6. The van der Waals surface area contributed by atoms with Crippen molar-refractivity contribution in [2.45, 2.75) is 58.2 Å². The molecule has 0 radical (unpaired) electrons. The summed E-state index contributed by atoms with van der Waals surface area (Å²) >= 11 is 1.15. The zero-order valence-corrected chi connectivity index (χ0v) is 17.9. The lowest BCUT2D eigenvalue weighted by molar-refractivity contribution is -0.944. The predicted molar refractivity (Wildman–Crippen MR) is 109 cm³/mol. The first kappa shape index (κ1) is 22.7. The minimum absolute atomic E-state index is 0.390. The second kappa shape index (κ2) is 10.8. The number of aromatic nitrogens is 2. The number of unbranched alkanes of at least 4 members (excludes halogenated alkanes) is 3. The fourth-order valence-corrected chi connectivity index (χ4v) is 3.71. The number of carbonyl (C=O) groups excluding carboxylic acids is 1. The second-order valence-electron chi connectivity index (χ2n) is 7.53. The molecular weight excluding hydrogens is 380 g/mol. The molecule has 3 N–H and O–H groups in total. The van der Waals surface area contributed by atoms with Crippen LogP contribution >= 0.6 is 11.7 Å². The Morgan fingerprint density at radius 2 is 2.18 bits per heavy atom. The van der Waals surface area contributed by atoms with E-state index in [4.69, 9.17) is 20.3 Å². The predicted octanol–water partition coefficient (Wildman–Crippen LogP) is 1.94. The van der Waals surface area contributed by atoms with Crippen LogP contribution in [0.4, 0.5) is 0 Å². The molecule has 9 heteroatoms. The number of ether oxygens (including phenoxy) is 2. The van der Waals surface area contributed by atoms with Crippen molar-refractivity contribution in [3.8, 4) is 5.88 Å². The van der Waals surface area contributed by atoms with Crippen LogP contribution in [0.15, 0.2) is 6.08 Å². The monoisotopic (exact) mass is 413 g/mol. The average Bonchev–Trinajstić information content (AvgIpc) is 3.15. The fourth-order valence-electron chi connectivity index (χ4n) is 3.17. The third-order valence-electron chi connectivity index (χ3n) is 5.23. The number of carbonyl (C=O) groups is 1. The lowest BCUT2D eigenvalue weighted by atomic mass is 10.0. The highest BCUT2D eigenvalue weighted by atomic mass is 32.1. The summed E-state index contributed by atoms with van der Waals surface area (Å²) in [6.07, 6.45) is 7.18. The van der Waals surface area contributed by atoms with Gasteiger partial charge in [-0.2, -0.15) is 4.37 Å². The molecule has 0 fully saturated rings. The topological polar surface area (TPSA) is 108 Å². The number of aliphatic hydroxyl groups excluding tert-OH is 1. The lowest BCUT2D eigenvalue weighted by Gasteiger charge is -2.41. The van der Waals surface area contributed by atoms with Gasteiger partial charge in [-0.15, -0.1) is 4.37 Å². The van der Waals surface area contributed by atoms with Crippen molar-refractivity contribution < 1.29 is 23.9 Å². The molecule has 1 aromatic rings. The Bertz CT molecular complexity index is 666. The number of nitrogens with two attached hydrogens (primary N) is 1. The van der Waals surface area contributed by atoms with Crippen molar-refractivity contribution in [1.29, 1.82) is 0 Å². The van der Waals surface area contributed by atoms with Gasteiger partial charge in [0, 0.05) is 18.9 Å². The van der Waals surface area contributed by atoms with Gasteiger partial charge in [-0.3, -0.25) is 9.28 Å². The highest BCUT2D eigenvalue weighted by molar-refractivity contribution is 6.99. The molecule has 0 spiro atoms. The largest absolute Gasteiger partial charge is 0.475 e. The van der Waals surface area contributed by atoms with Crippen LogP contribution in [0.25, 0.3) is 5.57 Å². The van der Waals surface area contributed by atoms with Gasteiger partial charge in [0.05, 0.1) is 38.5 Å². The first-order valence-corrected chi connectivity index (χ1v) is 10.7. The Hall–Kier alpha value is -1.55. The van der Waals surface area contributed by atoms with Crippen molar-refractivity contribution in [2.24, 2.45) is 5.73 Å². The summed E-state index contributed by atoms with van der Waals surface area (Å²) in [4.78, 5) is 12.0. The molecule has 1 aliphatic rings. The first-order valence-electron chi connectivity index (χ1n) is 9.97. The smallest absolute Gasteiger partial charge is 0.329 e. The van der Waals surface area contributed by atoms with Crippen LogP contribution in [0, 0.1) is 0 Å². The molecule has 0 amide bonds. The van der Waals surface area contributed by atoms with Gasteiger partial charge in [0.15, 0.2) is 0 Å². The Morgan fingerprint density at radius 1 is 1.39 bits per heavy atom. The Kier molecular flexibility index (Phi) is 8.81. The molecule has 3 atom stereocenters. The van der Waals surface area contributed by atoms with Gasteiger partial charge in [0.2, 0.25) is 6.23 Å². The quantitative estimate of drug-likeness (QED) is 0.324. The number of esters is 1. The second-order valence-corrected chi connectivity index (χ2v) is 8.06. The van der Waals surface area contributed by atoms with Crippen molar-refractivity contribution in [2.75, 3.05) is 33.4 Å². The van der Waals surface area contributed by atoms with E-state index in [1.165, 1.54) is 12.8 Å². The molecule has 0 bridgehead atoms. The third-order valence-corrected chi connectivity index (χ3v) is 5.74. The molecule has 0 saturated carbocycles. The summed E-state index contributed by atoms with van der Waals surface area (Å²) in [5, 5.41) is 9.04. The molecule has 28 heavy (non-hydrogen) atoms. The van der Waals surface area contributed by atoms with Gasteiger partial charge in [-0.25, -0.2) is 0 Å². The normalized spacial score (nSPS) is 21.7. The zero-order valence-electron chi connectivity index (χ0n) is 17.1. The molecule has 0 aromatic carbocycles. The maximum absolute atomic E-state index is 12.0. The van der Waals surface area contributed by atoms with E-state index in [2.05, 4.69) is 21.7 Å². The van der Waals surface area contributed by atoms with Gasteiger partial charge in [-0.1, -0.05) is 32.3 Å². The van der Waals surface area contributed by atoms with Crippen LogP contribution in [0.5, 0.6) is 5.88 Å². The minimum atomic E-state index is -1.01. The highest BCUT2D eigenvalue weighted by Crippen LogP contribution is 2.31. The van der Waals surface area contributed by atoms with Gasteiger partial charge in [0.1, 0.15) is 18.3 Å². The molecular formula is C19H33N4O4S+. The number of hydrogen-bond donors (Lipinski definition) is 2. The summed E-state index contributed by atoms with van der Waals surface area (Å²) in [6, 6.07) is -1.01. The molecule has 0 saturated heterocycles. The van der Waals surface area contributed by atoms with Crippen LogP contribution < -0.4 is 10.5 Å². The number of hydrogen-bond acceptors (Lipinski definition) is 8. The number of aliphatic hydroxyl groups is 1. The SMILES string of the molecule is CCCCCCOc1nsnc1C1=CCC[N+](C)([C@@H](C)OC(=O)[C@@H](N)CO)C1. The number of likely N-dealkylation sites (N-methyl/N-ethyl adjacent to an activating group) is 1. The maximum atomic E-state index is 12.0. The molecule has 2 rings (SSSR count). The Balaban J connectivity index is 2.00. The molecule has 1 aromatic heterocycles. The van der Waals surface area contributed by atoms with Crippen LogP contribution in [0.3, 0.4) is 0 Å². The van der Waals surface area contributed by atoms with Crippen molar-refractivity contribution in [3.63, 3.8) is 0 Å². The van der Waals surface area contributed by atoms with Gasteiger partial charge in [0.25, 0.3) is 5.88 Å². The fraction of sp³-hybridized carbons (Fsp3) is 0.737. The summed E-state index contributed by atoms with van der Waals surface area (Å²) in [5.74, 6) is 0.00466. The van der Waals surface area contributed by atoms with Crippen LogP contribution in [0.2, 0.25) is 0 Å². The van der Waals surface area contributed by atoms with E-state index in [0.29, 0.717) is 23.5 Å². The van der Waals surface area contributed by atoms with E-state index in [9.17, 15) is 4.79 Å². The van der Waals surface area contributed by atoms with Crippen molar-refractivity contribution in [3.05, 3.63) is 11.8 Å². The standard InChI is InChI=1S/C19H33N4O4S/c1-4-5-6-7-11-26-18-17(21-28-22-18)15-9-8-10-23(3,12-15)14(2)27-19(25)16(20)13-24/h9,14,16,24H,4-8,10-13,20H2,1-3H3/q+1/t14-,16+,23?/m1/s1. The van der Waals surface area contributed by atoms with Crippen molar-refractivity contribution in [1.82, 2.24) is 8.75 Å². The van der Waals surface area contributed by atoms with E-state index in [-0.39, 0.29) is 6.23 Å². The van der Waals surface area contributed by atoms with E-state index < -0.39 is 18.6 Å². The van der Waals surface area contributed by atoms with E-state index in [0.717, 1.165) is 48.8 Å². The van der Waals surface area contributed by atoms with Crippen LogP contribution in [0.1, 0.15) is 51.6 Å². The van der Waals surface area contributed by atoms with Crippen LogP contribution in [-0.4, -0.2) is 69.9 Å². The summed E-state index contributed by atoms with van der Waals surface area (Å²) in [5.41, 5.74) is 7.41. The number of rotatable bonds is 11. The summed E-state index contributed by atoms with van der Waals surface area (Å²) in [6.45, 7) is 5.74. The third kappa shape index (κ3) is 5.97. The average molecular weight is 414 g/mol. The minimum Gasteiger partial charge on any atom is -0.475 e. The molecule has 158 valence electrons.